The number of carbonyl (C=O) groups excluding carboxylic acids is 1. The minimum atomic E-state index is -0.424. The maximum atomic E-state index is 13.3. The Hall–Kier alpha value is -3.48. The molecule has 7 heteroatoms. The number of aromatic nitrogens is 2. The van der Waals surface area contributed by atoms with Crippen LogP contribution in [0.15, 0.2) is 52.7 Å². The maximum absolute atomic E-state index is 13.3. The predicted molar refractivity (Wildman–Crippen MR) is 121 cm³/mol. The van der Waals surface area contributed by atoms with Gasteiger partial charge in [0.15, 0.2) is 0 Å². The van der Waals surface area contributed by atoms with Crippen molar-refractivity contribution >= 4 is 11.6 Å². The molecular weight excluding hydrogens is 407 g/mol. The number of rotatable bonds is 5. The molecule has 1 unspecified atom stereocenters. The molecule has 0 bridgehead atoms. The lowest BCUT2D eigenvalue weighted by molar-refractivity contribution is 0.199. The van der Waals surface area contributed by atoms with Gasteiger partial charge in [0.1, 0.15) is 5.82 Å². The van der Waals surface area contributed by atoms with Crippen molar-refractivity contribution in [3.8, 4) is 11.4 Å². The third-order valence-corrected chi connectivity index (χ3v) is 5.77. The van der Waals surface area contributed by atoms with Crippen LogP contribution in [0, 0.1) is 25.6 Å². The molecule has 0 saturated heterocycles. The lowest BCUT2D eigenvalue weighted by atomic mass is 9.92. The first-order valence-corrected chi connectivity index (χ1v) is 10.7. The summed E-state index contributed by atoms with van der Waals surface area (Å²) in [5, 5.41) is 7.24. The molecule has 3 aromatic rings. The lowest BCUT2D eigenvalue weighted by Gasteiger charge is -2.36. The second kappa shape index (κ2) is 8.57. The van der Waals surface area contributed by atoms with Crippen molar-refractivity contribution in [3.05, 3.63) is 76.6 Å². The summed E-state index contributed by atoms with van der Waals surface area (Å²) in [6, 6.07) is 11.5. The average molecular weight is 435 g/mol. The first kappa shape index (κ1) is 21.7. The van der Waals surface area contributed by atoms with Gasteiger partial charge >= 0.3 is 6.03 Å². The van der Waals surface area contributed by atoms with E-state index in [-0.39, 0.29) is 17.8 Å². The van der Waals surface area contributed by atoms with E-state index in [1.54, 1.807) is 17.0 Å². The van der Waals surface area contributed by atoms with Gasteiger partial charge in [-0.25, -0.2) is 9.18 Å². The van der Waals surface area contributed by atoms with Crippen molar-refractivity contribution in [1.29, 1.82) is 0 Å². The van der Waals surface area contributed by atoms with E-state index in [4.69, 9.17) is 4.52 Å². The van der Waals surface area contributed by atoms with Gasteiger partial charge in [-0.05, 0) is 67.6 Å². The van der Waals surface area contributed by atoms with Gasteiger partial charge in [0.25, 0.3) is 5.89 Å². The zero-order valence-corrected chi connectivity index (χ0v) is 18.9. The molecule has 0 aliphatic carbocycles. The molecule has 1 aromatic heterocycles. The van der Waals surface area contributed by atoms with Crippen molar-refractivity contribution < 1.29 is 13.7 Å². The summed E-state index contributed by atoms with van der Waals surface area (Å²) in [5.74, 6) is 0.656. The number of aryl methyl sites for hydroxylation is 2. The quantitative estimate of drug-likeness (QED) is 0.564. The van der Waals surface area contributed by atoms with E-state index < -0.39 is 6.04 Å². The fraction of sp³-hybridized carbons (Fsp3) is 0.320. The van der Waals surface area contributed by atoms with Crippen LogP contribution in [0.4, 0.5) is 9.18 Å². The summed E-state index contributed by atoms with van der Waals surface area (Å²) in [6.45, 7) is 10.7. The molecule has 1 atom stereocenters. The van der Waals surface area contributed by atoms with E-state index in [1.807, 2.05) is 26.0 Å². The van der Waals surface area contributed by atoms with E-state index >= 15 is 0 Å². The van der Waals surface area contributed by atoms with Crippen LogP contribution >= 0.6 is 0 Å². The van der Waals surface area contributed by atoms with Gasteiger partial charge in [-0.3, -0.25) is 4.90 Å². The van der Waals surface area contributed by atoms with Gasteiger partial charge in [-0.15, -0.1) is 0 Å². The molecule has 32 heavy (non-hydrogen) atoms. The molecular formula is C25H27FN4O2. The number of nitrogens with zero attached hydrogens (tertiary/aromatic N) is 3. The Morgan fingerprint density at radius 2 is 1.81 bits per heavy atom. The topological polar surface area (TPSA) is 71.3 Å². The predicted octanol–water partition coefficient (Wildman–Crippen LogP) is 5.65. The van der Waals surface area contributed by atoms with E-state index in [0.717, 1.165) is 22.4 Å². The average Bonchev–Trinajstić information content (AvgIpc) is 3.22. The second-order valence-corrected chi connectivity index (χ2v) is 8.66. The van der Waals surface area contributed by atoms with E-state index in [2.05, 4.69) is 42.3 Å². The maximum Gasteiger partial charge on any atom is 0.322 e. The number of urea groups is 1. The highest BCUT2D eigenvalue weighted by Gasteiger charge is 2.36. The minimum Gasteiger partial charge on any atom is -0.334 e. The number of hydrogen-bond donors (Lipinski definition) is 1. The first-order chi connectivity index (χ1) is 15.2. The Balaban J connectivity index is 1.82. The van der Waals surface area contributed by atoms with Gasteiger partial charge < -0.3 is 9.84 Å². The summed E-state index contributed by atoms with van der Waals surface area (Å²) in [6.07, 6.45) is 0. The minimum absolute atomic E-state index is 0.151. The molecule has 2 aromatic carbocycles. The van der Waals surface area contributed by atoms with Crippen LogP contribution in [0.2, 0.25) is 0 Å². The largest absolute Gasteiger partial charge is 0.334 e. The molecule has 4 rings (SSSR count). The smallest absolute Gasteiger partial charge is 0.322 e. The highest BCUT2D eigenvalue weighted by molar-refractivity contribution is 5.87. The molecule has 2 heterocycles. The van der Waals surface area contributed by atoms with Gasteiger partial charge in [-0.1, -0.05) is 37.2 Å². The van der Waals surface area contributed by atoms with Crippen LogP contribution in [0.5, 0.6) is 0 Å². The fourth-order valence-corrected chi connectivity index (χ4v) is 3.89. The third-order valence-electron chi connectivity index (χ3n) is 5.77. The normalized spacial score (nSPS) is 16.7. The van der Waals surface area contributed by atoms with E-state index in [0.29, 0.717) is 23.8 Å². The molecule has 0 fully saturated rings. The van der Waals surface area contributed by atoms with Crippen LogP contribution < -0.4 is 5.32 Å². The van der Waals surface area contributed by atoms with Gasteiger partial charge in [-0.2, -0.15) is 4.98 Å². The van der Waals surface area contributed by atoms with Crippen LogP contribution in [0.1, 0.15) is 49.4 Å². The number of benzene rings is 2. The molecule has 0 saturated carbocycles. The molecule has 0 radical (unpaired) electrons. The number of nitrogens with one attached hydrogen (secondary N) is 1. The Morgan fingerprint density at radius 3 is 2.47 bits per heavy atom. The highest BCUT2D eigenvalue weighted by atomic mass is 19.1. The number of carbonyl (C=O) groups is 1. The lowest BCUT2D eigenvalue weighted by Crippen LogP contribution is -2.47. The summed E-state index contributed by atoms with van der Waals surface area (Å²) in [5.41, 5.74) is 5.45. The summed E-state index contributed by atoms with van der Waals surface area (Å²) in [7, 11) is 0. The Labute approximate surface area is 187 Å². The molecule has 1 aliphatic rings. The Kier molecular flexibility index (Phi) is 5.82. The van der Waals surface area contributed by atoms with Gasteiger partial charge in [0, 0.05) is 17.8 Å². The van der Waals surface area contributed by atoms with E-state index in [1.165, 1.54) is 17.7 Å². The Bertz CT molecular complexity index is 1180. The standard InChI is InChI=1S/C25H27FN4O2/c1-14(2)13-30-17(5)21(22(27-25(30)31)19-7-6-15(3)16(4)12-19)24-28-23(29-32-24)18-8-10-20(26)11-9-18/h6-12,14,22H,13H2,1-5H3,(H,27,31). The second-order valence-electron chi connectivity index (χ2n) is 8.66. The molecule has 0 spiro atoms. The summed E-state index contributed by atoms with van der Waals surface area (Å²) in [4.78, 5) is 19.3. The highest BCUT2D eigenvalue weighted by Crippen LogP contribution is 2.38. The molecule has 2 amide bonds. The van der Waals surface area contributed by atoms with Crippen LogP contribution in [0.25, 0.3) is 17.0 Å². The zero-order chi connectivity index (χ0) is 23.0. The van der Waals surface area contributed by atoms with Crippen LogP contribution in [-0.2, 0) is 0 Å². The number of allylic oxidation sites excluding steroid dienone is 1. The fourth-order valence-electron chi connectivity index (χ4n) is 3.89. The van der Waals surface area contributed by atoms with Crippen LogP contribution in [0.3, 0.4) is 0 Å². The van der Waals surface area contributed by atoms with E-state index in [9.17, 15) is 9.18 Å². The SMILES string of the molecule is CC1=C(c2nc(-c3ccc(F)cc3)no2)C(c2ccc(C)c(C)c2)NC(=O)N1CC(C)C. The molecule has 166 valence electrons. The number of hydrogen-bond acceptors (Lipinski definition) is 4. The van der Waals surface area contributed by atoms with Gasteiger partial charge in [0.2, 0.25) is 5.82 Å². The van der Waals surface area contributed by atoms with Crippen molar-refractivity contribution in [1.82, 2.24) is 20.4 Å². The Morgan fingerprint density at radius 1 is 1.09 bits per heavy atom. The first-order valence-electron chi connectivity index (χ1n) is 10.7. The monoisotopic (exact) mass is 434 g/mol. The van der Waals surface area contributed by atoms with Crippen molar-refractivity contribution in [2.75, 3.05) is 6.54 Å². The molecule has 6 nitrogen and oxygen atoms in total. The van der Waals surface area contributed by atoms with Crippen molar-refractivity contribution in [3.63, 3.8) is 0 Å². The number of amides is 2. The van der Waals surface area contributed by atoms with Crippen LogP contribution in [-0.4, -0.2) is 27.6 Å². The zero-order valence-electron chi connectivity index (χ0n) is 18.9. The van der Waals surface area contributed by atoms with Crippen molar-refractivity contribution in [2.24, 2.45) is 5.92 Å². The summed E-state index contributed by atoms with van der Waals surface area (Å²) >= 11 is 0. The summed E-state index contributed by atoms with van der Waals surface area (Å²) < 4.78 is 19.0. The van der Waals surface area contributed by atoms with Gasteiger partial charge in [0.05, 0.1) is 11.6 Å². The number of halogens is 1. The molecule has 1 aliphatic heterocycles. The molecule has 1 N–H and O–H groups in total. The van der Waals surface area contributed by atoms with Crippen molar-refractivity contribution in [2.45, 2.75) is 40.7 Å². The third kappa shape index (κ3) is 4.15.